The molecule has 5 heterocycles. The van der Waals surface area contributed by atoms with Gasteiger partial charge in [-0.05, 0) is 57.1 Å². The third-order valence-electron chi connectivity index (χ3n) is 9.03. The summed E-state index contributed by atoms with van der Waals surface area (Å²) in [6.07, 6.45) is 17.2. The van der Waals surface area contributed by atoms with Gasteiger partial charge in [0, 0.05) is 19.3 Å². The zero-order chi connectivity index (χ0) is 26.2. The second kappa shape index (κ2) is 10.5. The first kappa shape index (κ1) is 25.6. The fraction of sp³-hybridized carbons (Fsp3) is 0.613. The third-order valence-corrected chi connectivity index (χ3v) is 9.03. The van der Waals surface area contributed by atoms with Crippen molar-refractivity contribution < 1.29 is 23.6 Å². The van der Waals surface area contributed by atoms with E-state index in [9.17, 15) is 4.79 Å². The number of rotatable bonds is 5. The van der Waals surface area contributed by atoms with Crippen LogP contribution in [0.4, 0.5) is 0 Å². The molecule has 6 rings (SSSR count). The molecule has 38 heavy (non-hydrogen) atoms. The Labute approximate surface area is 226 Å². The fourth-order valence-corrected chi connectivity index (χ4v) is 7.36. The summed E-state index contributed by atoms with van der Waals surface area (Å²) in [5, 5.41) is 7.58. The normalized spacial score (nSPS) is 38.1. The smallest absolute Gasteiger partial charge is 0.350 e. The summed E-state index contributed by atoms with van der Waals surface area (Å²) in [5.74, 6) is 0.415. The van der Waals surface area contributed by atoms with Crippen molar-refractivity contribution >= 4 is 18.0 Å². The number of hydrogen-bond donors (Lipinski definition) is 2. The minimum absolute atomic E-state index is 0.0443. The molecular weight excluding hydrogens is 478 g/mol. The van der Waals surface area contributed by atoms with E-state index in [1.54, 1.807) is 0 Å². The van der Waals surface area contributed by atoms with Gasteiger partial charge < -0.3 is 14.2 Å². The van der Waals surface area contributed by atoms with Gasteiger partial charge in [-0.2, -0.15) is 0 Å². The summed E-state index contributed by atoms with van der Waals surface area (Å²) in [4.78, 5) is 13.8. The Hall–Kier alpha value is -2.64. The summed E-state index contributed by atoms with van der Waals surface area (Å²) < 4.78 is 21.8. The van der Waals surface area contributed by atoms with Gasteiger partial charge in [-0.1, -0.05) is 55.5 Å². The number of nitrogens with zero attached hydrogens (tertiary/aromatic N) is 1. The van der Waals surface area contributed by atoms with Gasteiger partial charge in [0.05, 0.1) is 24.3 Å². The molecular formula is C31H42N3O4+. The molecule has 0 bridgehead atoms. The van der Waals surface area contributed by atoms with Crippen LogP contribution in [0.15, 0.2) is 48.6 Å². The third kappa shape index (κ3) is 4.79. The molecule has 0 aromatic heterocycles. The van der Waals surface area contributed by atoms with Crippen molar-refractivity contribution in [1.29, 1.82) is 0 Å². The van der Waals surface area contributed by atoms with E-state index in [1.807, 2.05) is 42.5 Å². The van der Waals surface area contributed by atoms with E-state index in [4.69, 9.17) is 14.2 Å². The molecule has 2 spiro atoms. The average Bonchev–Trinajstić information content (AvgIpc) is 3.21. The summed E-state index contributed by atoms with van der Waals surface area (Å²) in [6, 6.07) is 10.5. The van der Waals surface area contributed by atoms with Gasteiger partial charge >= 0.3 is 11.9 Å². The molecule has 7 heteroatoms. The van der Waals surface area contributed by atoms with Crippen LogP contribution in [-0.4, -0.2) is 58.9 Å². The second-order valence-electron chi connectivity index (χ2n) is 11.7. The van der Waals surface area contributed by atoms with Gasteiger partial charge in [-0.25, -0.2) is 10.6 Å². The van der Waals surface area contributed by atoms with Gasteiger partial charge in [0.1, 0.15) is 6.61 Å². The molecule has 5 aliphatic heterocycles. The number of nitrogens with one attached hydrogen (secondary N) is 2. The van der Waals surface area contributed by atoms with Crippen molar-refractivity contribution in [2.45, 2.75) is 107 Å². The zero-order valence-corrected chi connectivity index (χ0v) is 22.7. The predicted molar refractivity (Wildman–Crippen MR) is 146 cm³/mol. The molecule has 0 unspecified atom stereocenters. The first-order valence-electron chi connectivity index (χ1n) is 14.6. The summed E-state index contributed by atoms with van der Waals surface area (Å²) in [5.41, 5.74) is -0.0853. The molecule has 0 aliphatic carbocycles. The van der Waals surface area contributed by atoms with E-state index in [2.05, 4.69) is 41.2 Å². The number of benzene rings is 1. The maximum Gasteiger partial charge on any atom is 0.350 e. The number of carbonyl (C=O) groups excluding carboxylic acids is 1. The molecule has 5 aliphatic rings. The Balaban J connectivity index is 1.27. The quantitative estimate of drug-likeness (QED) is 0.339. The number of allylic oxidation sites excluding steroid dienone is 1. The maximum atomic E-state index is 13.8. The van der Waals surface area contributed by atoms with Crippen LogP contribution in [-0.2, 0) is 19.0 Å². The van der Waals surface area contributed by atoms with Gasteiger partial charge in [-0.3, -0.25) is 9.37 Å². The van der Waals surface area contributed by atoms with Crippen LogP contribution in [0.3, 0.4) is 0 Å². The Morgan fingerprint density at radius 2 is 2.03 bits per heavy atom. The lowest BCUT2D eigenvalue weighted by molar-refractivity contribution is -0.609. The largest absolute Gasteiger partial charge is 0.461 e. The Morgan fingerprint density at radius 1 is 1.16 bits per heavy atom. The Kier molecular flexibility index (Phi) is 7.08. The summed E-state index contributed by atoms with van der Waals surface area (Å²) >= 11 is 0. The first-order valence-corrected chi connectivity index (χ1v) is 14.6. The highest BCUT2D eigenvalue weighted by Gasteiger charge is 2.64. The summed E-state index contributed by atoms with van der Waals surface area (Å²) in [6.45, 7) is 4.55. The van der Waals surface area contributed by atoms with Gasteiger partial charge in [0.25, 0.3) is 0 Å². The van der Waals surface area contributed by atoms with Crippen molar-refractivity contribution in [2.24, 2.45) is 5.92 Å². The molecule has 2 fully saturated rings. The van der Waals surface area contributed by atoms with Gasteiger partial charge in [-0.15, -0.1) is 0 Å². The summed E-state index contributed by atoms with van der Waals surface area (Å²) in [7, 11) is 0. The lowest BCUT2D eigenvalue weighted by Gasteiger charge is -2.50. The standard InChI is InChI=1S/C31H41N3O4/c1-3-25-15-7-8-18-30(38-25)21-24-16-17-26-27(28(35)36-20-10-14-23-12-5-4-6-13-23)31(19-9-11-22(2)37-31)33-29(32-30)34(24)26/h4-7,10,12-15,22,24-27H,3,8-9,11,16-21H2,1-2H3,(H,32,33)/p+1/b14-10+/t22-,24+,25+,26-,27-,30+,31+/m1/s1. The van der Waals surface area contributed by atoms with Crippen molar-refractivity contribution in [1.82, 2.24) is 10.6 Å². The van der Waals surface area contributed by atoms with Crippen LogP contribution in [0.1, 0.15) is 77.2 Å². The molecule has 2 saturated heterocycles. The predicted octanol–water partition coefficient (Wildman–Crippen LogP) is 4.48. The molecule has 1 aromatic rings. The SMILES string of the molecule is CC[C@H]1C=CCC[C@@]2(C[C@@H]3CC[C@@H]4[C@H](C(=O)OC/C=C/c5ccccc5)[C@@]5(CCC[C@@H](C)O5)NC(=[N+]34)N2)O1. The number of carbonyl (C=O) groups is 1. The number of ether oxygens (including phenoxy) is 3. The second-order valence-corrected chi connectivity index (χ2v) is 11.7. The van der Waals surface area contributed by atoms with Crippen LogP contribution in [0.5, 0.6) is 0 Å². The van der Waals surface area contributed by atoms with E-state index >= 15 is 0 Å². The van der Waals surface area contributed by atoms with Crippen molar-refractivity contribution in [3.05, 3.63) is 54.1 Å². The van der Waals surface area contributed by atoms with E-state index in [1.165, 1.54) is 0 Å². The Bertz CT molecular complexity index is 1120. The number of guanidine groups is 1. The Morgan fingerprint density at radius 3 is 2.84 bits per heavy atom. The van der Waals surface area contributed by atoms with Gasteiger partial charge in [0.2, 0.25) is 5.72 Å². The highest BCUT2D eigenvalue weighted by Crippen LogP contribution is 2.45. The monoisotopic (exact) mass is 520 g/mol. The van der Waals surface area contributed by atoms with Crippen molar-refractivity contribution in [3.63, 3.8) is 0 Å². The van der Waals surface area contributed by atoms with Crippen LogP contribution < -0.4 is 10.6 Å². The van der Waals surface area contributed by atoms with Crippen LogP contribution >= 0.6 is 0 Å². The maximum absolute atomic E-state index is 13.8. The van der Waals surface area contributed by atoms with E-state index in [0.717, 1.165) is 69.3 Å². The van der Waals surface area contributed by atoms with Crippen LogP contribution in [0.25, 0.3) is 6.08 Å². The van der Waals surface area contributed by atoms with E-state index < -0.39 is 11.4 Å². The fourth-order valence-electron chi connectivity index (χ4n) is 7.36. The molecule has 7 atom stereocenters. The zero-order valence-electron chi connectivity index (χ0n) is 22.7. The highest BCUT2D eigenvalue weighted by molar-refractivity contribution is 5.82. The molecule has 204 valence electrons. The average molecular weight is 521 g/mol. The van der Waals surface area contributed by atoms with E-state index in [0.29, 0.717) is 6.04 Å². The van der Waals surface area contributed by atoms with Gasteiger partial charge in [0.15, 0.2) is 11.6 Å². The molecule has 0 saturated carbocycles. The first-order chi connectivity index (χ1) is 18.5. The number of esters is 1. The molecule has 1 aromatic carbocycles. The molecule has 0 amide bonds. The topological polar surface area (TPSA) is 71.8 Å². The lowest BCUT2D eigenvalue weighted by atomic mass is 9.80. The minimum atomic E-state index is -0.776. The molecule has 2 N–H and O–H groups in total. The van der Waals surface area contributed by atoms with E-state index in [-0.39, 0.29) is 36.7 Å². The molecule has 0 radical (unpaired) electrons. The van der Waals surface area contributed by atoms with Crippen LogP contribution in [0, 0.1) is 5.92 Å². The minimum Gasteiger partial charge on any atom is -0.461 e. The highest BCUT2D eigenvalue weighted by atomic mass is 16.6. The number of hydrogen-bond acceptors (Lipinski definition) is 6. The lowest BCUT2D eigenvalue weighted by Crippen LogP contribution is -2.76. The van der Waals surface area contributed by atoms with Crippen molar-refractivity contribution in [3.8, 4) is 0 Å². The van der Waals surface area contributed by atoms with Crippen molar-refractivity contribution in [2.75, 3.05) is 6.61 Å². The van der Waals surface area contributed by atoms with Crippen LogP contribution in [0.2, 0.25) is 0 Å². The molecule has 7 nitrogen and oxygen atoms in total.